The van der Waals surface area contributed by atoms with E-state index in [2.05, 4.69) is 21.2 Å². The summed E-state index contributed by atoms with van der Waals surface area (Å²) >= 11 is 8.47. The molecular formula is C16H16BrFN2OS. The van der Waals surface area contributed by atoms with Gasteiger partial charge in [-0.25, -0.2) is 4.39 Å². The molecule has 116 valence electrons. The Bertz CT molecular complexity index is 656. The normalized spacial score (nSPS) is 21.5. The van der Waals surface area contributed by atoms with Crippen LogP contribution < -0.4 is 5.32 Å². The van der Waals surface area contributed by atoms with Crippen molar-refractivity contribution in [2.24, 2.45) is 0 Å². The standard InChI is InChI=1S/C16H16BrFN2OS/c17-12-8-10(6-7-13(12)18)9-14-15(21)20(16(22)19-14)11-4-2-1-3-5-11/h6-9,11H,1-5H2,(H,19,22)/b14-9-. The number of thiocarbonyl (C=S) groups is 1. The van der Waals surface area contributed by atoms with E-state index in [4.69, 9.17) is 12.2 Å². The first-order valence-electron chi connectivity index (χ1n) is 7.37. The number of hydrogen-bond acceptors (Lipinski definition) is 2. The van der Waals surface area contributed by atoms with Gasteiger partial charge in [-0.05, 0) is 64.8 Å². The number of amides is 1. The largest absolute Gasteiger partial charge is 0.328 e. The van der Waals surface area contributed by atoms with Crippen LogP contribution in [0.2, 0.25) is 0 Å². The van der Waals surface area contributed by atoms with Crippen LogP contribution in [0.15, 0.2) is 28.4 Å². The quantitative estimate of drug-likeness (QED) is 0.620. The van der Waals surface area contributed by atoms with Gasteiger partial charge in [-0.15, -0.1) is 0 Å². The molecule has 1 aliphatic carbocycles. The third-order valence-electron chi connectivity index (χ3n) is 4.10. The van der Waals surface area contributed by atoms with Gasteiger partial charge in [0.05, 0.1) is 4.47 Å². The molecule has 0 spiro atoms. The molecule has 0 aromatic heterocycles. The zero-order chi connectivity index (χ0) is 15.7. The number of hydrogen-bond donors (Lipinski definition) is 1. The van der Waals surface area contributed by atoms with Gasteiger partial charge in [0.25, 0.3) is 5.91 Å². The highest BCUT2D eigenvalue weighted by molar-refractivity contribution is 9.10. The zero-order valence-corrected chi connectivity index (χ0v) is 14.3. The molecule has 2 aliphatic rings. The van der Waals surface area contributed by atoms with E-state index in [0.29, 0.717) is 15.3 Å². The maximum atomic E-state index is 13.3. The molecule has 1 N–H and O–H groups in total. The van der Waals surface area contributed by atoms with Gasteiger partial charge in [-0.3, -0.25) is 9.69 Å². The highest BCUT2D eigenvalue weighted by atomic mass is 79.9. The summed E-state index contributed by atoms with van der Waals surface area (Å²) in [4.78, 5) is 14.3. The molecule has 0 radical (unpaired) electrons. The maximum absolute atomic E-state index is 13.3. The average molecular weight is 383 g/mol. The molecule has 1 saturated heterocycles. The molecule has 0 unspecified atom stereocenters. The Hall–Kier alpha value is -1.27. The van der Waals surface area contributed by atoms with Crippen molar-refractivity contribution in [2.45, 2.75) is 38.1 Å². The molecule has 1 saturated carbocycles. The summed E-state index contributed by atoms with van der Waals surface area (Å²) in [6, 6.07) is 4.84. The number of halogens is 2. The van der Waals surface area contributed by atoms with E-state index in [0.717, 1.165) is 31.2 Å². The Morgan fingerprint density at radius 3 is 2.73 bits per heavy atom. The van der Waals surface area contributed by atoms with E-state index in [9.17, 15) is 9.18 Å². The predicted octanol–water partition coefficient (Wildman–Crippen LogP) is 3.98. The van der Waals surface area contributed by atoms with Crippen LogP contribution in [-0.2, 0) is 4.79 Å². The van der Waals surface area contributed by atoms with Gasteiger partial charge in [0.1, 0.15) is 11.5 Å². The summed E-state index contributed by atoms with van der Waals surface area (Å²) in [6.45, 7) is 0. The van der Waals surface area contributed by atoms with E-state index in [1.54, 1.807) is 23.1 Å². The summed E-state index contributed by atoms with van der Waals surface area (Å²) in [5.74, 6) is -0.412. The van der Waals surface area contributed by atoms with Crippen molar-refractivity contribution in [3.8, 4) is 0 Å². The Labute approximate surface area is 142 Å². The van der Waals surface area contributed by atoms with Crippen molar-refractivity contribution in [1.82, 2.24) is 10.2 Å². The first kappa shape index (κ1) is 15.6. The lowest BCUT2D eigenvalue weighted by molar-refractivity contribution is -0.124. The van der Waals surface area contributed by atoms with Crippen LogP contribution in [0.4, 0.5) is 4.39 Å². The van der Waals surface area contributed by atoms with Crippen LogP contribution in [0.5, 0.6) is 0 Å². The molecule has 6 heteroatoms. The average Bonchev–Trinajstić information content (AvgIpc) is 2.78. The minimum absolute atomic E-state index is 0.0858. The van der Waals surface area contributed by atoms with Gasteiger partial charge >= 0.3 is 0 Å². The predicted molar refractivity (Wildman–Crippen MR) is 91.5 cm³/mol. The fourth-order valence-electron chi connectivity index (χ4n) is 2.99. The van der Waals surface area contributed by atoms with Gasteiger partial charge in [0.15, 0.2) is 5.11 Å². The van der Waals surface area contributed by atoms with E-state index >= 15 is 0 Å². The summed E-state index contributed by atoms with van der Waals surface area (Å²) in [5, 5.41) is 3.47. The molecular weight excluding hydrogens is 367 g/mol. The molecule has 22 heavy (non-hydrogen) atoms. The summed E-state index contributed by atoms with van der Waals surface area (Å²) < 4.78 is 13.7. The highest BCUT2D eigenvalue weighted by Crippen LogP contribution is 2.27. The molecule has 0 atom stereocenters. The fourth-order valence-corrected chi connectivity index (χ4v) is 3.73. The van der Waals surface area contributed by atoms with Crippen molar-refractivity contribution >= 4 is 45.2 Å². The molecule has 3 nitrogen and oxygen atoms in total. The number of benzene rings is 1. The van der Waals surface area contributed by atoms with E-state index < -0.39 is 0 Å². The van der Waals surface area contributed by atoms with Crippen LogP contribution in [0, 0.1) is 5.82 Å². The van der Waals surface area contributed by atoms with Crippen molar-refractivity contribution in [3.63, 3.8) is 0 Å². The lowest BCUT2D eigenvalue weighted by Crippen LogP contribution is -2.41. The molecule has 1 aromatic carbocycles. The van der Waals surface area contributed by atoms with Gasteiger partial charge in [-0.2, -0.15) is 0 Å². The number of nitrogens with one attached hydrogen (secondary N) is 1. The smallest absolute Gasteiger partial charge is 0.276 e. The Morgan fingerprint density at radius 1 is 1.32 bits per heavy atom. The van der Waals surface area contributed by atoms with E-state index in [-0.39, 0.29) is 17.8 Å². The lowest BCUT2D eigenvalue weighted by atomic mass is 9.94. The van der Waals surface area contributed by atoms with Crippen molar-refractivity contribution in [1.29, 1.82) is 0 Å². The van der Waals surface area contributed by atoms with Gasteiger partial charge in [-0.1, -0.05) is 25.3 Å². The first-order chi connectivity index (χ1) is 10.6. The highest BCUT2D eigenvalue weighted by Gasteiger charge is 2.36. The van der Waals surface area contributed by atoms with E-state index in [1.165, 1.54) is 12.5 Å². The number of carbonyl (C=O) groups excluding carboxylic acids is 1. The van der Waals surface area contributed by atoms with Gasteiger partial charge in [0.2, 0.25) is 0 Å². The summed E-state index contributed by atoms with van der Waals surface area (Å²) in [7, 11) is 0. The number of nitrogens with zero attached hydrogens (tertiary/aromatic N) is 1. The molecule has 1 amide bonds. The molecule has 2 fully saturated rings. The number of rotatable bonds is 2. The SMILES string of the molecule is O=C1/C(=C/c2ccc(F)c(Br)c2)NC(=S)N1C1CCCCC1. The third-order valence-corrected chi connectivity index (χ3v) is 5.01. The van der Waals surface area contributed by atoms with E-state index in [1.807, 2.05) is 0 Å². The zero-order valence-electron chi connectivity index (χ0n) is 11.9. The van der Waals surface area contributed by atoms with Crippen molar-refractivity contribution < 1.29 is 9.18 Å². The van der Waals surface area contributed by atoms with Crippen LogP contribution in [0.25, 0.3) is 6.08 Å². The van der Waals surface area contributed by atoms with Crippen LogP contribution in [0.1, 0.15) is 37.7 Å². The topological polar surface area (TPSA) is 32.3 Å². The molecule has 0 bridgehead atoms. The molecule has 1 heterocycles. The molecule has 1 aliphatic heterocycles. The fraction of sp³-hybridized carbons (Fsp3) is 0.375. The number of carbonyl (C=O) groups is 1. The van der Waals surface area contributed by atoms with Crippen molar-refractivity contribution in [3.05, 3.63) is 39.7 Å². The second kappa shape index (κ2) is 6.46. The van der Waals surface area contributed by atoms with Crippen molar-refractivity contribution in [2.75, 3.05) is 0 Å². The minimum atomic E-state index is -0.327. The second-order valence-corrected chi connectivity index (χ2v) is 6.87. The maximum Gasteiger partial charge on any atom is 0.276 e. The first-order valence-corrected chi connectivity index (χ1v) is 8.57. The van der Waals surface area contributed by atoms with Crippen LogP contribution >= 0.6 is 28.1 Å². The molecule has 1 aromatic rings. The van der Waals surface area contributed by atoms with Crippen LogP contribution in [-0.4, -0.2) is 22.0 Å². The summed E-state index contributed by atoms with van der Waals surface area (Å²) in [5.41, 5.74) is 1.20. The lowest BCUT2D eigenvalue weighted by Gasteiger charge is -2.29. The second-order valence-electron chi connectivity index (χ2n) is 5.63. The van der Waals surface area contributed by atoms with Gasteiger partial charge < -0.3 is 5.32 Å². The molecule has 3 rings (SSSR count). The van der Waals surface area contributed by atoms with Crippen LogP contribution in [0.3, 0.4) is 0 Å². The third kappa shape index (κ3) is 3.08. The Balaban J connectivity index is 1.83. The van der Waals surface area contributed by atoms with Gasteiger partial charge in [0, 0.05) is 6.04 Å². The monoisotopic (exact) mass is 382 g/mol. The Morgan fingerprint density at radius 2 is 2.05 bits per heavy atom. The summed E-state index contributed by atoms with van der Waals surface area (Å²) in [6.07, 6.45) is 7.22. The minimum Gasteiger partial charge on any atom is -0.328 e. The Kier molecular flexibility index (Phi) is 4.59.